The number of hydrogen-bond acceptors (Lipinski definition) is 3. The maximum Gasteiger partial charge on any atom is 0.441 e. The van der Waals surface area contributed by atoms with Crippen LogP contribution < -0.4 is 5.73 Å². The fourth-order valence-electron chi connectivity index (χ4n) is 1.17. The molecule has 0 aromatic rings. The van der Waals surface area contributed by atoms with E-state index in [2.05, 4.69) is 0 Å². The fourth-order valence-corrected chi connectivity index (χ4v) is 1.73. The largest absolute Gasteiger partial charge is 0.441 e. The summed E-state index contributed by atoms with van der Waals surface area (Å²) in [5.41, 5.74) is 1.05. The topological polar surface area (TPSA) is 53.1 Å². The third kappa shape index (κ3) is 8.84. The van der Waals surface area contributed by atoms with E-state index < -0.39 is 5.51 Å². The first-order chi connectivity index (χ1) is 7.22. The van der Waals surface area contributed by atoms with Crippen molar-refractivity contribution in [3.63, 3.8) is 0 Å². The molecule has 0 unspecified atom stereocenters. The molecule has 7 heteroatoms. The lowest BCUT2D eigenvalue weighted by molar-refractivity contribution is -0.0329. The van der Waals surface area contributed by atoms with Crippen LogP contribution in [0.2, 0.25) is 0 Å². The molecular formula is C9H18F3N3S. The van der Waals surface area contributed by atoms with Crippen LogP contribution >= 0.6 is 11.8 Å². The van der Waals surface area contributed by atoms with E-state index in [1.807, 2.05) is 18.7 Å². The predicted octanol–water partition coefficient (Wildman–Crippen LogP) is 2.28. The van der Waals surface area contributed by atoms with Crippen molar-refractivity contribution in [3.05, 3.63) is 0 Å². The molecule has 0 aromatic heterocycles. The van der Waals surface area contributed by atoms with Crippen LogP contribution in [0.15, 0.2) is 0 Å². The summed E-state index contributed by atoms with van der Waals surface area (Å²) < 4.78 is 35.7. The molecule has 0 radical (unpaired) electrons. The molecule has 0 saturated heterocycles. The summed E-state index contributed by atoms with van der Waals surface area (Å²) in [6, 6.07) is 0.160. The van der Waals surface area contributed by atoms with Crippen molar-refractivity contribution in [1.29, 1.82) is 5.41 Å². The van der Waals surface area contributed by atoms with E-state index in [-0.39, 0.29) is 29.4 Å². The Hall–Kier alpha value is -0.430. The van der Waals surface area contributed by atoms with Crippen LogP contribution in [0.3, 0.4) is 0 Å². The molecule has 0 aliphatic heterocycles. The Balaban J connectivity index is 3.90. The van der Waals surface area contributed by atoms with Gasteiger partial charge in [0.1, 0.15) is 0 Å². The Kier molecular flexibility index (Phi) is 6.82. The summed E-state index contributed by atoms with van der Waals surface area (Å²) in [7, 11) is 0. The number of hydrogen-bond donors (Lipinski definition) is 2. The maximum absolute atomic E-state index is 11.9. The molecule has 0 atom stereocenters. The highest BCUT2D eigenvalue weighted by Gasteiger charge is 2.28. The zero-order chi connectivity index (χ0) is 12.8. The SMILES string of the molecule is CC(C)N(CCSC(F)(F)F)CCC(=N)N. The van der Waals surface area contributed by atoms with E-state index in [4.69, 9.17) is 11.1 Å². The van der Waals surface area contributed by atoms with Crippen molar-refractivity contribution in [3.8, 4) is 0 Å². The molecule has 0 bridgehead atoms. The summed E-state index contributed by atoms with van der Waals surface area (Å²) in [6.07, 6.45) is 0.398. The van der Waals surface area contributed by atoms with Crippen molar-refractivity contribution < 1.29 is 13.2 Å². The molecule has 0 rings (SSSR count). The lowest BCUT2D eigenvalue weighted by Gasteiger charge is -2.26. The maximum atomic E-state index is 11.9. The van der Waals surface area contributed by atoms with Gasteiger partial charge in [-0.1, -0.05) is 0 Å². The van der Waals surface area contributed by atoms with Gasteiger partial charge < -0.3 is 5.73 Å². The van der Waals surface area contributed by atoms with E-state index >= 15 is 0 Å². The number of nitrogens with one attached hydrogen (secondary N) is 1. The monoisotopic (exact) mass is 257 g/mol. The summed E-state index contributed by atoms with van der Waals surface area (Å²) in [5.74, 6) is 0.0775. The number of nitrogens with two attached hydrogens (primary N) is 1. The highest BCUT2D eigenvalue weighted by molar-refractivity contribution is 8.00. The van der Waals surface area contributed by atoms with Crippen LogP contribution in [0, 0.1) is 5.41 Å². The van der Waals surface area contributed by atoms with Crippen molar-refractivity contribution in [2.45, 2.75) is 31.8 Å². The van der Waals surface area contributed by atoms with Gasteiger partial charge in [0.25, 0.3) is 0 Å². The number of nitrogens with zero attached hydrogens (tertiary/aromatic N) is 1. The van der Waals surface area contributed by atoms with E-state index in [1.54, 1.807) is 0 Å². The summed E-state index contributed by atoms with van der Waals surface area (Å²) in [4.78, 5) is 1.89. The Bertz CT molecular complexity index is 219. The van der Waals surface area contributed by atoms with Crippen molar-refractivity contribution >= 4 is 17.6 Å². The first-order valence-corrected chi connectivity index (χ1v) is 5.98. The molecule has 0 saturated carbocycles. The molecule has 0 amide bonds. The standard InChI is InChI=1S/C9H18F3N3S/c1-7(2)15(4-3-8(13)14)5-6-16-9(10,11)12/h7H,3-6H2,1-2H3,(H3,13,14). The second-order valence-corrected chi connectivity index (χ2v) is 4.86. The minimum atomic E-state index is -4.16. The summed E-state index contributed by atoms with van der Waals surface area (Å²) in [5, 5.41) is 7.07. The highest BCUT2D eigenvalue weighted by Crippen LogP contribution is 2.29. The smallest absolute Gasteiger partial charge is 0.388 e. The molecule has 0 spiro atoms. The van der Waals surface area contributed by atoms with Gasteiger partial charge in [-0.25, -0.2) is 0 Å². The number of thioether (sulfide) groups is 1. The Labute approximate surface area is 98.1 Å². The first-order valence-electron chi connectivity index (χ1n) is 5.00. The van der Waals surface area contributed by atoms with Gasteiger partial charge in [0, 0.05) is 31.3 Å². The number of alkyl halides is 3. The molecule has 3 N–H and O–H groups in total. The van der Waals surface area contributed by atoms with E-state index in [0.29, 0.717) is 19.5 Å². The van der Waals surface area contributed by atoms with Gasteiger partial charge in [0.2, 0.25) is 0 Å². The Morgan fingerprint density at radius 2 is 1.94 bits per heavy atom. The number of amidine groups is 1. The van der Waals surface area contributed by atoms with E-state index in [1.165, 1.54) is 0 Å². The molecule has 0 heterocycles. The molecule has 0 aromatic carbocycles. The van der Waals surface area contributed by atoms with Crippen molar-refractivity contribution in [2.24, 2.45) is 5.73 Å². The van der Waals surface area contributed by atoms with Crippen molar-refractivity contribution in [2.75, 3.05) is 18.8 Å². The highest BCUT2D eigenvalue weighted by atomic mass is 32.2. The molecule has 0 aliphatic carbocycles. The van der Waals surface area contributed by atoms with E-state index in [0.717, 1.165) is 0 Å². The lowest BCUT2D eigenvalue weighted by atomic mass is 10.3. The molecule has 0 fully saturated rings. The summed E-state index contributed by atoms with van der Waals surface area (Å²) in [6.45, 7) is 4.72. The molecule has 3 nitrogen and oxygen atoms in total. The second-order valence-electron chi connectivity index (χ2n) is 3.70. The van der Waals surface area contributed by atoms with Crippen LogP contribution in [-0.4, -0.2) is 41.1 Å². The van der Waals surface area contributed by atoms with Gasteiger partial charge in [-0.05, 0) is 25.6 Å². The van der Waals surface area contributed by atoms with Gasteiger partial charge in [-0.3, -0.25) is 10.3 Å². The predicted molar refractivity (Wildman–Crippen MR) is 61.8 cm³/mol. The Morgan fingerprint density at radius 3 is 2.31 bits per heavy atom. The van der Waals surface area contributed by atoms with Gasteiger partial charge >= 0.3 is 5.51 Å². The molecule has 16 heavy (non-hydrogen) atoms. The van der Waals surface area contributed by atoms with Gasteiger partial charge in [-0.15, -0.1) is 0 Å². The van der Waals surface area contributed by atoms with E-state index in [9.17, 15) is 13.2 Å². The Morgan fingerprint density at radius 1 is 1.38 bits per heavy atom. The second kappa shape index (κ2) is 7.01. The first kappa shape index (κ1) is 15.6. The molecule has 0 aliphatic rings. The fraction of sp³-hybridized carbons (Fsp3) is 0.889. The quantitative estimate of drug-likeness (QED) is 0.543. The summed E-state index contributed by atoms with van der Waals surface area (Å²) >= 11 is -0.0130. The third-order valence-electron chi connectivity index (χ3n) is 2.04. The third-order valence-corrected chi connectivity index (χ3v) is 2.76. The lowest BCUT2D eigenvalue weighted by Crippen LogP contribution is -2.35. The molecule has 96 valence electrons. The average Bonchev–Trinajstić information content (AvgIpc) is 2.07. The van der Waals surface area contributed by atoms with Crippen molar-refractivity contribution in [1.82, 2.24) is 4.90 Å². The number of rotatable bonds is 7. The van der Waals surface area contributed by atoms with Gasteiger partial charge in [0.15, 0.2) is 0 Å². The zero-order valence-electron chi connectivity index (χ0n) is 9.47. The van der Waals surface area contributed by atoms with Crippen LogP contribution in [-0.2, 0) is 0 Å². The molecular weight excluding hydrogens is 239 g/mol. The number of halogens is 3. The van der Waals surface area contributed by atoms with Crippen LogP contribution in [0.4, 0.5) is 13.2 Å². The van der Waals surface area contributed by atoms with Crippen LogP contribution in [0.25, 0.3) is 0 Å². The van der Waals surface area contributed by atoms with Crippen LogP contribution in [0.5, 0.6) is 0 Å². The van der Waals surface area contributed by atoms with Gasteiger partial charge in [-0.2, -0.15) is 13.2 Å². The van der Waals surface area contributed by atoms with Crippen LogP contribution in [0.1, 0.15) is 20.3 Å². The zero-order valence-corrected chi connectivity index (χ0v) is 10.3. The minimum Gasteiger partial charge on any atom is -0.388 e. The average molecular weight is 257 g/mol. The minimum absolute atomic E-state index is 0.0130. The normalized spacial score (nSPS) is 12.4. The van der Waals surface area contributed by atoms with Gasteiger partial charge in [0.05, 0.1) is 5.84 Å².